The van der Waals surface area contributed by atoms with Gasteiger partial charge in [-0.05, 0) is 12.5 Å². The minimum atomic E-state index is 0.0448. The molecule has 0 spiro atoms. The van der Waals surface area contributed by atoms with Crippen LogP contribution < -0.4 is 0 Å². The van der Waals surface area contributed by atoms with Gasteiger partial charge in [0.05, 0.1) is 18.7 Å². The number of nitrogens with zero attached hydrogens (tertiary/aromatic N) is 4. The Balaban J connectivity index is 2.32. The van der Waals surface area contributed by atoms with Crippen molar-refractivity contribution in [3.63, 3.8) is 0 Å². The average Bonchev–Trinajstić information content (AvgIpc) is 2.68. The molecule has 1 rings (SSSR count). The second-order valence-corrected chi connectivity index (χ2v) is 3.75. The highest BCUT2D eigenvalue weighted by Gasteiger charge is 2.08. The molecular formula is C11H16N4O. The van der Waals surface area contributed by atoms with Crippen LogP contribution in [-0.4, -0.2) is 34.2 Å². The maximum atomic E-state index is 11.6. The van der Waals surface area contributed by atoms with Gasteiger partial charge in [-0.1, -0.05) is 0 Å². The Morgan fingerprint density at radius 1 is 1.69 bits per heavy atom. The van der Waals surface area contributed by atoms with E-state index in [0.717, 1.165) is 5.56 Å². The van der Waals surface area contributed by atoms with Gasteiger partial charge in [-0.15, -0.1) is 0 Å². The molecule has 0 aliphatic heterocycles. The largest absolute Gasteiger partial charge is 0.345 e. The number of nitriles is 1. The highest BCUT2D eigenvalue weighted by atomic mass is 16.2. The van der Waals surface area contributed by atoms with Crippen molar-refractivity contribution in [3.05, 3.63) is 18.0 Å². The summed E-state index contributed by atoms with van der Waals surface area (Å²) in [6.07, 6.45) is 4.47. The van der Waals surface area contributed by atoms with Crippen LogP contribution in [0.25, 0.3) is 0 Å². The summed E-state index contributed by atoms with van der Waals surface area (Å²) in [5, 5.41) is 12.5. The van der Waals surface area contributed by atoms with E-state index in [1.807, 2.05) is 19.2 Å². The van der Waals surface area contributed by atoms with Crippen molar-refractivity contribution in [3.8, 4) is 6.07 Å². The average molecular weight is 220 g/mol. The van der Waals surface area contributed by atoms with Crippen LogP contribution in [0.1, 0.15) is 18.4 Å². The van der Waals surface area contributed by atoms with Crippen molar-refractivity contribution in [2.24, 2.45) is 0 Å². The van der Waals surface area contributed by atoms with Crippen LogP contribution in [0.5, 0.6) is 0 Å². The number of amides is 1. The van der Waals surface area contributed by atoms with Crippen molar-refractivity contribution in [1.29, 1.82) is 5.26 Å². The number of carbonyl (C=O) groups excluding carboxylic acids is 1. The van der Waals surface area contributed by atoms with Gasteiger partial charge in [0.15, 0.2) is 0 Å². The molecule has 0 N–H and O–H groups in total. The summed E-state index contributed by atoms with van der Waals surface area (Å²) in [5.74, 6) is 0.0448. The molecule has 5 heteroatoms. The van der Waals surface area contributed by atoms with Crippen molar-refractivity contribution >= 4 is 5.91 Å². The van der Waals surface area contributed by atoms with Crippen LogP contribution >= 0.6 is 0 Å². The zero-order valence-corrected chi connectivity index (χ0v) is 9.68. The molecule has 0 aliphatic carbocycles. The van der Waals surface area contributed by atoms with Gasteiger partial charge in [0, 0.05) is 32.8 Å². The molecule has 0 aromatic carbocycles. The van der Waals surface area contributed by atoms with Crippen LogP contribution in [0.4, 0.5) is 0 Å². The van der Waals surface area contributed by atoms with Gasteiger partial charge in [-0.3, -0.25) is 9.48 Å². The Kier molecular flexibility index (Phi) is 4.52. The maximum absolute atomic E-state index is 11.6. The minimum absolute atomic E-state index is 0.0448. The Morgan fingerprint density at radius 2 is 2.44 bits per heavy atom. The lowest BCUT2D eigenvalue weighted by Gasteiger charge is -2.15. The van der Waals surface area contributed by atoms with Crippen LogP contribution in [0.15, 0.2) is 12.4 Å². The number of hydrogen-bond acceptors (Lipinski definition) is 3. The fourth-order valence-corrected chi connectivity index (χ4v) is 1.33. The topological polar surface area (TPSA) is 61.9 Å². The van der Waals surface area contributed by atoms with Crippen molar-refractivity contribution in [1.82, 2.24) is 14.7 Å². The van der Waals surface area contributed by atoms with E-state index in [1.165, 1.54) is 0 Å². The maximum Gasteiger partial charge on any atom is 0.224 e. The van der Waals surface area contributed by atoms with E-state index in [-0.39, 0.29) is 5.91 Å². The lowest BCUT2D eigenvalue weighted by atomic mass is 10.3. The standard InChI is InChI=1S/C11H16N4O/c1-10-8-13-15(9-10)7-4-11(16)14(2)6-3-5-12/h8-9H,3-4,6-7H2,1-2H3. The second kappa shape index (κ2) is 5.91. The number of aromatic nitrogens is 2. The third kappa shape index (κ3) is 3.73. The first-order valence-electron chi connectivity index (χ1n) is 5.23. The van der Waals surface area contributed by atoms with E-state index in [1.54, 1.807) is 22.8 Å². The zero-order chi connectivity index (χ0) is 12.0. The van der Waals surface area contributed by atoms with Gasteiger partial charge in [0.1, 0.15) is 0 Å². The molecule has 1 aromatic rings. The predicted octanol–water partition coefficient (Wildman–Crippen LogP) is 0.954. The summed E-state index contributed by atoms with van der Waals surface area (Å²) in [6, 6.07) is 2.02. The number of hydrogen-bond donors (Lipinski definition) is 0. The quantitative estimate of drug-likeness (QED) is 0.742. The Bertz CT molecular complexity index is 391. The summed E-state index contributed by atoms with van der Waals surface area (Å²) >= 11 is 0. The fourth-order valence-electron chi connectivity index (χ4n) is 1.33. The first kappa shape index (κ1) is 12.2. The first-order chi connectivity index (χ1) is 7.63. The molecule has 0 radical (unpaired) electrons. The molecule has 0 aliphatic rings. The second-order valence-electron chi connectivity index (χ2n) is 3.75. The van der Waals surface area contributed by atoms with Gasteiger partial charge >= 0.3 is 0 Å². The van der Waals surface area contributed by atoms with Gasteiger partial charge in [0.2, 0.25) is 5.91 Å². The van der Waals surface area contributed by atoms with Crippen LogP contribution in [0.3, 0.4) is 0 Å². The molecule has 1 amide bonds. The predicted molar refractivity (Wildman–Crippen MR) is 59.4 cm³/mol. The monoisotopic (exact) mass is 220 g/mol. The summed E-state index contributed by atoms with van der Waals surface area (Å²) in [4.78, 5) is 13.2. The molecule has 16 heavy (non-hydrogen) atoms. The van der Waals surface area contributed by atoms with Gasteiger partial charge in [-0.2, -0.15) is 10.4 Å². The van der Waals surface area contributed by atoms with E-state index in [0.29, 0.717) is 25.9 Å². The minimum Gasteiger partial charge on any atom is -0.345 e. The van der Waals surface area contributed by atoms with E-state index in [9.17, 15) is 4.79 Å². The van der Waals surface area contributed by atoms with Gasteiger partial charge < -0.3 is 4.90 Å². The molecule has 86 valence electrons. The molecule has 0 bridgehead atoms. The summed E-state index contributed by atoms with van der Waals surface area (Å²) in [7, 11) is 1.72. The first-order valence-corrected chi connectivity index (χ1v) is 5.23. The van der Waals surface area contributed by atoms with Crippen LogP contribution in [0.2, 0.25) is 0 Å². The number of rotatable bonds is 5. The summed E-state index contributed by atoms with van der Waals surface area (Å²) < 4.78 is 1.76. The SMILES string of the molecule is Cc1cnn(CCC(=O)N(C)CCC#N)c1. The van der Waals surface area contributed by atoms with E-state index < -0.39 is 0 Å². The Labute approximate surface area is 95.3 Å². The molecule has 0 saturated carbocycles. The van der Waals surface area contributed by atoms with Gasteiger partial charge in [-0.25, -0.2) is 0 Å². The van der Waals surface area contributed by atoms with Crippen LogP contribution in [0, 0.1) is 18.3 Å². The van der Waals surface area contributed by atoms with E-state index in [4.69, 9.17) is 5.26 Å². The van der Waals surface area contributed by atoms with Gasteiger partial charge in [0.25, 0.3) is 0 Å². The fraction of sp³-hybridized carbons (Fsp3) is 0.545. The molecule has 5 nitrogen and oxygen atoms in total. The summed E-state index contributed by atoms with van der Waals surface area (Å²) in [5.41, 5.74) is 1.09. The van der Waals surface area contributed by atoms with E-state index in [2.05, 4.69) is 5.10 Å². The highest BCUT2D eigenvalue weighted by Crippen LogP contribution is 1.98. The number of aryl methyl sites for hydroxylation is 2. The Morgan fingerprint density at radius 3 is 3.00 bits per heavy atom. The molecular weight excluding hydrogens is 204 g/mol. The highest BCUT2D eigenvalue weighted by molar-refractivity contribution is 5.75. The molecule has 0 fully saturated rings. The van der Waals surface area contributed by atoms with Crippen molar-refractivity contribution < 1.29 is 4.79 Å². The molecule has 1 heterocycles. The van der Waals surface area contributed by atoms with Crippen LogP contribution in [-0.2, 0) is 11.3 Å². The zero-order valence-electron chi connectivity index (χ0n) is 9.68. The molecule has 1 aromatic heterocycles. The lowest BCUT2D eigenvalue weighted by molar-refractivity contribution is -0.130. The molecule has 0 atom stereocenters. The molecule has 0 saturated heterocycles. The van der Waals surface area contributed by atoms with Crippen molar-refractivity contribution in [2.45, 2.75) is 26.3 Å². The third-order valence-corrected chi connectivity index (χ3v) is 2.30. The van der Waals surface area contributed by atoms with E-state index >= 15 is 0 Å². The smallest absolute Gasteiger partial charge is 0.224 e. The number of carbonyl (C=O) groups is 1. The normalized spacial score (nSPS) is 9.81. The molecule has 0 unspecified atom stereocenters. The lowest BCUT2D eigenvalue weighted by Crippen LogP contribution is -2.28. The van der Waals surface area contributed by atoms with Crippen molar-refractivity contribution in [2.75, 3.05) is 13.6 Å². The summed E-state index contributed by atoms with van der Waals surface area (Å²) in [6.45, 7) is 3.04. The Hall–Kier alpha value is -1.83. The third-order valence-electron chi connectivity index (χ3n) is 2.30.